The van der Waals surface area contributed by atoms with Gasteiger partial charge >= 0.3 is 0 Å². The Morgan fingerprint density at radius 1 is 0.214 bits per heavy atom. The third-order valence-corrected chi connectivity index (χ3v) is 19.9. The quantitative estimate of drug-likeness (QED) is 0.0946. The Morgan fingerprint density at radius 3 is 0.786 bits per heavy atom. The molecular formula is C95H64N8. The molecule has 0 atom stereocenters. The monoisotopic (exact) mass is 1320 g/mol. The van der Waals surface area contributed by atoms with Crippen molar-refractivity contribution in [3.8, 4) is 112 Å². The second-order valence-corrected chi connectivity index (χ2v) is 25.9. The highest BCUT2D eigenvalue weighted by atomic mass is 15.3. The molecule has 0 amide bonds. The van der Waals surface area contributed by atoms with Crippen molar-refractivity contribution in [3.63, 3.8) is 0 Å². The van der Waals surface area contributed by atoms with Crippen LogP contribution < -0.4 is 9.80 Å². The number of hydrogen-bond acceptors (Lipinski definition) is 8. The predicted octanol–water partition coefficient (Wildman–Crippen LogP) is 24.0. The highest BCUT2D eigenvalue weighted by Gasteiger charge is 2.51. The minimum Gasteiger partial charge on any atom is -0.279 e. The van der Waals surface area contributed by atoms with Crippen LogP contribution in [0.25, 0.3) is 124 Å². The van der Waals surface area contributed by atoms with Gasteiger partial charge in [-0.05, 0) is 173 Å². The summed E-state index contributed by atoms with van der Waals surface area (Å²) >= 11 is 0. The molecule has 0 saturated heterocycles. The van der Waals surface area contributed by atoms with Gasteiger partial charge in [0.15, 0.2) is 23.3 Å². The van der Waals surface area contributed by atoms with Crippen molar-refractivity contribution in [1.82, 2.24) is 29.9 Å². The molecule has 8 heteroatoms. The molecule has 1 spiro atoms. The zero-order chi connectivity index (χ0) is 68.8. The molecule has 0 fully saturated rings. The van der Waals surface area contributed by atoms with Crippen molar-refractivity contribution >= 4 is 46.8 Å². The molecule has 2 heterocycles. The molecule has 16 aromatic rings. The van der Waals surface area contributed by atoms with Crippen molar-refractivity contribution in [2.45, 2.75) is 5.41 Å². The molecule has 484 valence electrons. The zero-order valence-corrected chi connectivity index (χ0v) is 56.1. The second kappa shape index (κ2) is 26.1. The number of anilines is 6. The summed E-state index contributed by atoms with van der Waals surface area (Å²) in [4.78, 5) is 35.6. The largest absolute Gasteiger partial charge is 0.279 e. The normalized spacial score (nSPS) is 12.0. The summed E-state index contributed by atoms with van der Waals surface area (Å²) in [5.74, 6) is 3.31. The number of fused-ring (bicyclic) bond motifs is 10. The van der Waals surface area contributed by atoms with Crippen LogP contribution in [0.2, 0.25) is 0 Å². The van der Waals surface area contributed by atoms with E-state index in [4.69, 9.17) is 29.9 Å². The number of hydrogen-bond donors (Lipinski definition) is 0. The van der Waals surface area contributed by atoms with Crippen molar-refractivity contribution in [3.05, 3.63) is 398 Å². The first-order valence-corrected chi connectivity index (χ1v) is 34.6. The highest BCUT2D eigenvalue weighted by molar-refractivity contribution is 5.98. The fraction of sp³-hybridized carbons (Fsp3) is 0.0105. The molecule has 0 radical (unpaired) electrons. The van der Waals surface area contributed by atoms with Gasteiger partial charge in [0.05, 0.1) is 5.41 Å². The molecule has 0 unspecified atom stereocenters. The van der Waals surface area contributed by atoms with Crippen LogP contribution in [0.1, 0.15) is 33.4 Å². The standard InChI is InChI=1S/C95H64N8/c1-3-63-23-21-33-73(59-63)65-39-49-77(50-40-65)102(93-98-89(69-25-9-5-10-26-69)96-90(99-93)70-27-11-6-12-28-70)79-53-43-67(44-54-79)75-47-57-87-83(61-75)84-62-76(48-58-88(84)95(87)85-37-19-17-35-81(85)82-36-18-20-38-86(82)95)68-45-55-80(56-46-68)103(78-51-41-66(42-52-78)74-34-22-24-64(4-2)60-74)94-100-91(71-29-13-7-14-30-71)97-92(101-94)72-31-15-8-16-32-72/h3-62H,1-2H2. The van der Waals surface area contributed by atoms with Gasteiger partial charge in [0, 0.05) is 45.0 Å². The maximum absolute atomic E-state index is 5.28. The Kier molecular flexibility index (Phi) is 15.6. The van der Waals surface area contributed by atoms with Crippen LogP contribution in [0.3, 0.4) is 0 Å². The van der Waals surface area contributed by atoms with Crippen LogP contribution in [-0.4, -0.2) is 29.9 Å². The summed E-state index contributed by atoms with van der Waals surface area (Å²) in [6.45, 7) is 8.07. The Hall–Kier alpha value is -13.8. The van der Waals surface area contributed by atoms with Gasteiger partial charge in [0.25, 0.3) is 0 Å². The Labute approximate surface area is 599 Å². The summed E-state index contributed by atoms with van der Waals surface area (Å²) < 4.78 is 0. The SMILES string of the molecule is C=Cc1cccc(-c2ccc(N(c3ccc(-c4ccc5c(c4)-c4cc(-c6ccc(N(c7ccc(-c8cccc(C=C)c8)cc7)c7nc(-c8ccccc8)nc(-c8ccccc8)n7)cc6)ccc4C54c5ccccc5-c5ccccc54)cc3)c3nc(-c4ccccc4)nc(-c4ccccc4)n3)cc2)c1. The average Bonchev–Trinajstić information content (AvgIpc) is 1.51. The van der Waals surface area contributed by atoms with Crippen LogP contribution in [0.15, 0.2) is 365 Å². The van der Waals surface area contributed by atoms with Crippen molar-refractivity contribution in [2.24, 2.45) is 0 Å². The van der Waals surface area contributed by atoms with Gasteiger partial charge in [-0.25, -0.2) is 9.97 Å². The lowest BCUT2D eigenvalue weighted by atomic mass is 9.70. The van der Waals surface area contributed by atoms with Crippen LogP contribution in [0.5, 0.6) is 0 Å². The smallest absolute Gasteiger partial charge is 0.238 e. The van der Waals surface area contributed by atoms with E-state index in [9.17, 15) is 0 Å². The first kappa shape index (κ1) is 61.5. The third-order valence-electron chi connectivity index (χ3n) is 19.9. The molecule has 0 saturated carbocycles. The number of benzene rings is 14. The number of nitrogens with zero attached hydrogens (tertiary/aromatic N) is 8. The van der Waals surface area contributed by atoms with Gasteiger partial charge in [0.2, 0.25) is 11.9 Å². The van der Waals surface area contributed by atoms with Crippen LogP contribution in [0.4, 0.5) is 34.6 Å². The molecular weight excluding hydrogens is 1250 g/mol. The first-order chi connectivity index (χ1) is 50.9. The fourth-order valence-corrected chi connectivity index (χ4v) is 15.0. The lowest BCUT2D eigenvalue weighted by Crippen LogP contribution is -2.25. The molecule has 2 aliphatic carbocycles. The highest BCUT2D eigenvalue weighted by Crippen LogP contribution is 2.63. The minimum atomic E-state index is -0.554. The zero-order valence-electron chi connectivity index (χ0n) is 56.1. The molecule has 0 aliphatic heterocycles. The molecule has 2 aliphatic rings. The predicted molar refractivity (Wildman–Crippen MR) is 423 cm³/mol. The fourth-order valence-electron chi connectivity index (χ4n) is 15.0. The average molecular weight is 1320 g/mol. The maximum atomic E-state index is 5.28. The van der Waals surface area contributed by atoms with Crippen LogP contribution in [-0.2, 0) is 5.41 Å². The third kappa shape index (κ3) is 11.2. The Balaban J connectivity index is 0.752. The van der Waals surface area contributed by atoms with Crippen molar-refractivity contribution in [1.29, 1.82) is 0 Å². The van der Waals surface area contributed by atoms with Crippen molar-refractivity contribution in [2.75, 3.05) is 9.80 Å². The summed E-state index contributed by atoms with van der Waals surface area (Å²) in [5.41, 5.74) is 27.4. The number of aromatic nitrogens is 6. The molecule has 8 nitrogen and oxygen atoms in total. The van der Waals surface area contributed by atoms with E-state index in [2.05, 4.69) is 253 Å². The summed E-state index contributed by atoms with van der Waals surface area (Å²) in [6, 6.07) is 124. The van der Waals surface area contributed by atoms with Crippen LogP contribution in [0, 0.1) is 0 Å². The molecule has 103 heavy (non-hydrogen) atoms. The van der Waals surface area contributed by atoms with E-state index in [1.807, 2.05) is 133 Å². The summed E-state index contributed by atoms with van der Waals surface area (Å²) in [6.07, 6.45) is 3.76. The van der Waals surface area contributed by atoms with Gasteiger partial charge in [-0.2, -0.15) is 19.9 Å². The van der Waals surface area contributed by atoms with Crippen LogP contribution >= 0.6 is 0 Å². The second-order valence-electron chi connectivity index (χ2n) is 25.9. The van der Waals surface area contributed by atoms with E-state index >= 15 is 0 Å². The van der Waals surface area contributed by atoms with E-state index in [1.54, 1.807) is 0 Å². The summed E-state index contributed by atoms with van der Waals surface area (Å²) in [5, 5.41) is 0. The first-order valence-electron chi connectivity index (χ1n) is 34.6. The van der Waals surface area contributed by atoms with E-state index in [1.165, 1.54) is 44.5 Å². The van der Waals surface area contributed by atoms with E-state index in [-0.39, 0.29) is 0 Å². The topological polar surface area (TPSA) is 83.8 Å². The lowest BCUT2D eigenvalue weighted by molar-refractivity contribution is 0.794. The van der Waals surface area contributed by atoms with E-state index in [0.717, 1.165) is 101 Å². The van der Waals surface area contributed by atoms with Gasteiger partial charge in [-0.3, -0.25) is 9.80 Å². The van der Waals surface area contributed by atoms with E-state index in [0.29, 0.717) is 35.2 Å². The molecule has 0 bridgehead atoms. The van der Waals surface area contributed by atoms with E-state index < -0.39 is 5.41 Å². The molecule has 18 rings (SSSR count). The minimum absolute atomic E-state index is 0.496. The molecule has 0 N–H and O–H groups in total. The van der Waals surface area contributed by atoms with Crippen molar-refractivity contribution < 1.29 is 0 Å². The van der Waals surface area contributed by atoms with Gasteiger partial charge in [-0.15, -0.1) is 0 Å². The molecule has 14 aromatic carbocycles. The molecule has 2 aromatic heterocycles. The maximum Gasteiger partial charge on any atom is 0.238 e. The van der Waals surface area contributed by atoms with Gasteiger partial charge in [-0.1, -0.05) is 304 Å². The number of rotatable bonds is 16. The van der Waals surface area contributed by atoms with Gasteiger partial charge < -0.3 is 0 Å². The van der Waals surface area contributed by atoms with Gasteiger partial charge in [0.1, 0.15) is 0 Å². The Bertz CT molecular complexity index is 5400. The lowest BCUT2D eigenvalue weighted by Gasteiger charge is -2.30. The summed E-state index contributed by atoms with van der Waals surface area (Å²) in [7, 11) is 0. The Morgan fingerprint density at radius 2 is 0.476 bits per heavy atom.